The van der Waals surface area contributed by atoms with Gasteiger partial charge in [-0.1, -0.05) is 0 Å². The highest BCUT2D eigenvalue weighted by Gasteiger charge is 2.38. The molecule has 3 fully saturated rings. The van der Waals surface area contributed by atoms with E-state index in [0.717, 1.165) is 51.6 Å². The summed E-state index contributed by atoms with van der Waals surface area (Å²) in [5.41, 5.74) is 0.0175. The predicted molar refractivity (Wildman–Crippen MR) is 73.5 cm³/mol. The van der Waals surface area contributed by atoms with Gasteiger partial charge < -0.3 is 10.1 Å². The topological polar surface area (TPSA) is 67.4 Å². The molecule has 3 aliphatic rings. The molecule has 1 unspecified atom stereocenters. The highest BCUT2D eigenvalue weighted by molar-refractivity contribution is 7.89. The second-order valence-electron chi connectivity index (χ2n) is 6.32. The molecule has 0 amide bonds. The van der Waals surface area contributed by atoms with Gasteiger partial charge in [0.1, 0.15) is 0 Å². The van der Waals surface area contributed by atoms with Crippen molar-refractivity contribution in [2.24, 2.45) is 5.92 Å². The summed E-state index contributed by atoms with van der Waals surface area (Å²) in [6.07, 6.45) is 6.12. The zero-order valence-corrected chi connectivity index (χ0v) is 12.2. The first-order valence-electron chi connectivity index (χ1n) is 7.42. The van der Waals surface area contributed by atoms with Crippen molar-refractivity contribution in [3.05, 3.63) is 0 Å². The second-order valence-corrected chi connectivity index (χ2v) is 8.12. The van der Waals surface area contributed by atoms with Crippen LogP contribution in [0.4, 0.5) is 0 Å². The Morgan fingerprint density at radius 3 is 2.47 bits per heavy atom. The number of sulfonamides is 1. The van der Waals surface area contributed by atoms with Gasteiger partial charge in [0.05, 0.1) is 18.0 Å². The summed E-state index contributed by atoms with van der Waals surface area (Å²) in [4.78, 5) is 0. The van der Waals surface area contributed by atoms with E-state index < -0.39 is 10.0 Å². The fourth-order valence-corrected chi connectivity index (χ4v) is 4.88. The number of ether oxygens (including phenoxy) is 1. The molecule has 0 radical (unpaired) electrons. The van der Waals surface area contributed by atoms with Crippen molar-refractivity contribution >= 4 is 10.0 Å². The Morgan fingerprint density at radius 1 is 1.16 bits per heavy atom. The van der Waals surface area contributed by atoms with Gasteiger partial charge in [-0.15, -0.1) is 0 Å². The van der Waals surface area contributed by atoms with Gasteiger partial charge in [0.15, 0.2) is 0 Å². The fraction of sp³-hybridized carbons (Fsp3) is 1.00. The Kier molecular flexibility index (Phi) is 3.86. The van der Waals surface area contributed by atoms with Crippen LogP contribution >= 0.6 is 0 Å². The van der Waals surface area contributed by atoms with E-state index in [9.17, 15) is 8.42 Å². The summed E-state index contributed by atoms with van der Waals surface area (Å²) < 4.78 is 32.7. The van der Waals surface area contributed by atoms with Crippen LogP contribution in [-0.2, 0) is 14.8 Å². The van der Waals surface area contributed by atoms with Crippen molar-refractivity contribution in [3.63, 3.8) is 0 Å². The molecule has 0 aromatic carbocycles. The minimum absolute atomic E-state index is 0.0175. The highest BCUT2D eigenvalue weighted by Crippen LogP contribution is 2.34. The molecule has 19 heavy (non-hydrogen) atoms. The standard InChI is InChI=1S/C13H24N2O3S/c16-19(17,10-11-1-2-11)15-12-3-4-13(18-9-12)5-7-14-8-6-13/h11-12,14-15H,1-10H2. The molecule has 1 spiro atoms. The molecular formula is C13H24N2O3S. The first-order chi connectivity index (χ1) is 9.07. The molecule has 2 saturated heterocycles. The van der Waals surface area contributed by atoms with E-state index in [1.165, 1.54) is 0 Å². The monoisotopic (exact) mass is 288 g/mol. The number of hydrogen-bond acceptors (Lipinski definition) is 4. The molecule has 2 aliphatic heterocycles. The first kappa shape index (κ1) is 13.8. The Labute approximate surface area is 115 Å². The van der Waals surface area contributed by atoms with Crippen LogP contribution in [0.2, 0.25) is 0 Å². The summed E-state index contributed by atoms with van der Waals surface area (Å²) >= 11 is 0. The van der Waals surface area contributed by atoms with Gasteiger partial charge in [0.2, 0.25) is 10.0 Å². The SMILES string of the molecule is O=S(=O)(CC1CC1)NC1CCC2(CCNCC2)OC1. The molecule has 110 valence electrons. The third-order valence-corrected chi connectivity index (χ3v) is 6.15. The molecule has 2 N–H and O–H groups in total. The van der Waals surface area contributed by atoms with Crippen LogP contribution in [0.25, 0.3) is 0 Å². The van der Waals surface area contributed by atoms with Gasteiger partial charge in [0.25, 0.3) is 0 Å². The lowest BCUT2D eigenvalue weighted by Gasteiger charge is -2.43. The van der Waals surface area contributed by atoms with E-state index in [2.05, 4.69) is 10.0 Å². The molecule has 0 aromatic rings. The van der Waals surface area contributed by atoms with Gasteiger partial charge in [0, 0.05) is 6.04 Å². The van der Waals surface area contributed by atoms with E-state index in [1.54, 1.807) is 0 Å². The van der Waals surface area contributed by atoms with E-state index in [0.29, 0.717) is 18.3 Å². The van der Waals surface area contributed by atoms with Crippen LogP contribution in [-0.4, -0.2) is 45.5 Å². The molecule has 3 rings (SSSR count). The van der Waals surface area contributed by atoms with Crippen LogP contribution in [0.5, 0.6) is 0 Å². The van der Waals surface area contributed by atoms with Crippen LogP contribution in [0.1, 0.15) is 38.5 Å². The van der Waals surface area contributed by atoms with Gasteiger partial charge in [-0.2, -0.15) is 0 Å². The molecule has 1 aliphatic carbocycles. The molecule has 0 aromatic heterocycles. The predicted octanol–water partition coefficient (Wildman–Crippen LogP) is 0.617. The minimum Gasteiger partial charge on any atom is -0.373 e. The zero-order valence-electron chi connectivity index (χ0n) is 11.4. The largest absolute Gasteiger partial charge is 0.373 e. The molecular weight excluding hydrogens is 264 g/mol. The zero-order chi connectivity index (χ0) is 13.3. The van der Waals surface area contributed by atoms with Crippen LogP contribution < -0.4 is 10.0 Å². The molecule has 1 atom stereocenters. The normalized spacial score (nSPS) is 31.5. The minimum atomic E-state index is -3.10. The lowest BCUT2D eigenvalue weighted by molar-refractivity contribution is -0.104. The molecule has 1 saturated carbocycles. The van der Waals surface area contributed by atoms with Crippen molar-refractivity contribution in [3.8, 4) is 0 Å². The van der Waals surface area contributed by atoms with E-state index in [4.69, 9.17) is 4.74 Å². The average molecular weight is 288 g/mol. The van der Waals surface area contributed by atoms with E-state index in [1.807, 2.05) is 0 Å². The third kappa shape index (κ3) is 3.68. The van der Waals surface area contributed by atoms with Crippen molar-refractivity contribution in [2.45, 2.75) is 50.2 Å². The summed E-state index contributed by atoms with van der Waals surface area (Å²) in [6.45, 7) is 2.56. The maximum Gasteiger partial charge on any atom is 0.212 e. The van der Waals surface area contributed by atoms with Crippen molar-refractivity contribution in [2.75, 3.05) is 25.4 Å². The van der Waals surface area contributed by atoms with Gasteiger partial charge in [-0.05, 0) is 57.5 Å². The van der Waals surface area contributed by atoms with Crippen molar-refractivity contribution in [1.29, 1.82) is 0 Å². The van der Waals surface area contributed by atoms with Gasteiger partial charge in [-0.25, -0.2) is 13.1 Å². The third-order valence-electron chi connectivity index (χ3n) is 4.55. The maximum absolute atomic E-state index is 11.9. The number of nitrogens with one attached hydrogen (secondary N) is 2. The van der Waals surface area contributed by atoms with Gasteiger partial charge >= 0.3 is 0 Å². The summed E-state index contributed by atoms with van der Waals surface area (Å²) in [5.74, 6) is 0.705. The number of hydrogen-bond donors (Lipinski definition) is 2. The number of rotatable bonds is 4. The Hall–Kier alpha value is -0.170. The Balaban J connectivity index is 1.49. The first-order valence-corrected chi connectivity index (χ1v) is 9.07. The molecule has 2 heterocycles. The Morgan fingerprint density at radius 2 is 1.89 bits per heavy atom. The van der Waals surface area contributed by atoms with Gasteiger partial charge in [-0.3, -0.25) is 0 Å². The molecule has 0 bridgehead atoms. The van der Waals surface area contributed by atoms with Crippen molar-refractivity contribution < 1.29 is 13.2 Å². The van der Waals surface area contributed by atoms with E-state index >= 15 is 0 Å². The maximum atomic E-state index is 11.9. The quantitative estimate of drug-likeness (QED) is 0.796. The molecule has 5 nitrogen and oxygen atoms in total. The lowest BCUT2D eigenvalue weighted by Crippen LogP contribution is -2.52. The second kappa shape index (κ2) is 5.31. The van der Waals surface area contributed by atoms with Crippen LogP contribution in [0, 0.1) is 5.92 Å². The fourth-order valence-electron chi connectivity index (χ4n) is 3.14. The average Bonchev–Trinajstić information content (AvgIpc) is 3.17. The summed E-state index contributed by atoms with van der Waals surface area (Å²) in [7, 11) is -3.10. The molecule has 6 heteroatoms. The number of piperidine rings is 1. The summed E-state index contributed by atoms with van der Waals surface area (Å²) in [5, 5.41) is 3.34. The Bertz CT molecular complexity index is 404. The smallest absolute Gasteiger partial charge is 0.212 e. The van der Waals surface area contributed by atoms with Crippen LogP contribution in [0.15, 0.2) is 0 Å². The van der Waals surface area contributed by atoms with Crippen molar-refractivity contribution in [1.82, 2.24) is 10.0 Å². The van der Waals surface area contributed by atoms with Crippen LogP contribution in [0.3, 0.4) is 0 Å². The summed E-state index contributed by atoms with van der Waals surface area (Å²) in [6, 6.07) is -0.0238. The highest BCUT2D eigenvalue weighted by atomic mass is 32.2. The lowest BCUT2D eigenvalue weighted by atomic mass is 9.84. The van der Waals surface area contributed by atoms with E-state index in [-0.39, 0.29) is 11.6 Å².